The standard InChI is InChI=1S/C21H28N4O3.ClH/c1-5-27-19-7-13-6-12(2)28-18(13)9-16(19)15-8-17(15)24-21(26)20(22-3)14-10-23-25(4)11-14;/h7,9-12,15,17,20,22H,5-6,8H2,1-4H3,(H,24,26);1H. The number of hydrogen-bond acceptors (Lipinski definition) is 5. The molecule has 4 rings (SSSR count). The van der Waals surface area contributed by atoms with Gasteiger partial charge in [-0.15, -0.1) is 12.4 Å². The molecule has 1 aromatic carbocycles. The molecule has 4 atom stereocenters. The number of ether oxygens (including phenoxy) is 2. The molecule has 0 spiro atoms. The zero-order valence-electron chi connectivity index (χ0n) is 17.3. The first-order valence-electron chi connectivity index (χ1n) is 9.92. The van der Waals surface area contributed by atoms with Gasteiger partial charge in [0.25, 0.3) is 0 Å². The second kappa shape index (κ2) is 8.63. The molecule has 1 fully saturated rings. The molecule has 0 saturated heterocycles. The van der Waals surface area contributed by atoms with Gasteiger partial charge in [-0.1, -0.05) is 0 Å². The van der Waals surface area contributed by atoms with Crippen LogP contribution in [-0.2, 0) is 18.3 Å². The lowest BCUT2D eigenvalue weighted by molar-refractivity contribution is -0.123. The van der Waals surface area contributed by atoms with E-state index in [1.54, 1.807) is 17.9 Å². The molecule has 0 radical (unpaired) electrons. The molecule has 1 aliphatic carbocycles. The van der Waals surface area contributed by atoms with E-state index in [9.17, 15) is 4.79 Å². The number of aryl methyl sites for hydroxylation is 1. The summed E-state index contributed by atoms with van der Waals surface area (Å²) in [5, 5.41) is 10.4. The Bertz CT molecular complexity index is 885. The number of aromatic nitrogens is 2. The number of hydrogen-bond donors (Lipinski definition) is 2. The van der Waals surface area contributed by atoms with Crippen LogP contribution in [0.3, 0.4) is 0 Å². The summed E-state index contributed by atoms with van der Waals surface area (Å²) in [6, 6.07) is 3.92. The van der Waals surface area contributed by atoms with E-state index in [4.69, 9.17) is 9.47 Å². The molecule has 2 aromatic rings. The lowest BCUT2D eigenvalue weighted by Crippen LogP contribution is -2.37. The molecule has 158 valence electrons. The quantitative estimate of drug-likeness (QED) is 0.719. The summed E-state index contributed by atoms with van der Waals surface area (Å²) in [5.41, 5.74) is 3.18. The molecule has 4 unspecified atom stereocenters. The number of carbonyl (C=O) groups is 1. The van der Waals surface area contributed by atoms with Gasteiger partial charge in [0.15, 0.2) is 0 Å². The average molecular weight is 421 g/mol. The third-order valence-corrected chi connectivity index (χ3v) is 5.45. The third-order valence-electron chi connectivity index (χ3n) is 5.45. The molecule has 29 heavy (non-hydrogen) atoms. The lowest BCUT2D eigenvalue weighted by atomic mass is 10.0. The predicted molar refractivity (Wildman–Crippen MR) is 113 cm³/mol. The largest absolute Gasteiger partial charge is 0.494 e. The first-order chi connectivity index (χ1) is 13.5. The van der Waals surface area contributed by atoms with Crippen LogP contribution in [0.1, 0.15) is 48.9 Å². The minimum absolute atomic E-state index is 0. The van der Waals surface area contributed by atoms with E-state index >= 15 is 0 Å². The molecule has 7 nitrogen and oxygen atoms in total. The Hall–Kier alpha value is -2.25. The van der Waals surface area contributed by atoms with Crippen molar-refractivity contribution in [2.45, 2.75) is 50.8 Å². The maximum absolute atomic E-state index is 12.8. The molecule has 1 saturated carbocycles. The molecule has 2 N–H and O–H groups in total. The van der Waals surface area contributed by atoms with E-state index < -0.39 is 6.04 Å². The van der Waals surface area contributed by atoms with Crippen LogP contribution in [0.2, 0.25) is 0 Å². The number of rotatable bonds is 7. The maximum atomic E-state index is 12.8. The number of amides is 1. The minimum Gasteiger partial charge on any atom is -0.494 e. The fourth-order valence-corrected chi connectivity index (χ4v) is 4.03. The van der Waals surface area contributed by atoms with Gasteiger partial charge in [-0.2, -0.15) is 5.10 Å². The Morgan fingerprint density at radius 1 is 1.45 bits per heavy atom. The normalized spacial score (nSPS) is 22.8. The van der Waals surface area contributed by atoms with Crippen molar-refractivity contribution < 1.29 is 14.3 Å². The van der Waals surface area contributed by atoms with E-state index in [1.807, 2.05) is 20.2 Å². The van der Waals surface area contributed by atoms with E-state index in [0.29, 0.717) is 6.61 Å². The Morgan fingerprint density at radius 2 is 2.24 bits per heavy atom. The van der Waals surface area contributed by atoms with E-state index in [-0.39, 0.29) is 36.4 Å². The fourth-order valence-electron chi connectivity index (χ4n) is 4.03. The second-order valence-electron chi connectivity index (χ2n) is 7.69. The van der Waals surface area contributed by atoms with Gasteiger partial charge in [-0.25, -0.2) is 0 Å². The average Bonchev–Trinajstić information content (AvgIpc) is 3.10. The fraction of sp³-hybridized carbons (Fsp3) is 0.524. The number of likely N-dealkylation sites (N-methyl/N-ethyl adjacent to an activating group) is 1. The topological polar surface area (TPSA) is 77.4 Å². The highest BCUT2D eigenvalue weighted by Gasteiger charge is 2.43. The van der Waals surface area contributed by atoms with Crippen molar-refractivity contribution in [3.05, 3.63) is 41.2 Å². The lowest BCUT2D eigenvalue weighted by Gasteiger charge is -2.16. The van der Waals surface area contributed by atoms with Crippen molar-refractivity contribution in [1.82, 2.24) is 20.4 Å². The summed E-state index contributed by atoms with van der Waals surface area (Å²) < 4.78 is 13.5. The zero-order chi connectivity index (χ0) is 19.8. The van der Waals surface area contributed by atoms with Crippen molar-refractivity contribution in [3.63, 3.8) is 0 Å². The van der Waals surface area contributed by atoms with E-state index in [2.05, 4.69) is 34.8 Å². The first kappa shape index (κ1) is 21.5. The summed E-state index contributed by atoms with van der Waals surface area (Å²) in [6.45, 7) is 4.69. The van der Waals surface area contributed by atoms with Crippen molar-refractivity contribution in [1.29, 1.82) is 0 Å². The highest BCUT2D eigenvalue weighted by Crippen LogP contribution is 2.48. The van der Waals surface area contributed by atoms with Gasteiger partial charge in [-0.05, 0) is 39.4 Å². The monoisotopic (exact) mass is 420 g/mol. The Kier molecular flexibility index (Phi) is 6.39. The van der Waals surface area contributed by atoms with Crippen LogP contribution in [0.25, 0.3) is 0 Å². The molecular formula is C21H29ClN4O3. The van der Waals surface area contributed by atoms with Gasteiger partial charge in [0.2, 0.25) is 5.91 Å². The summed E-state index contributed by atoms with van der Waals surface area (Å²) in [4.78, 5) is 12.8. The number of carbonyl (C=O) groups excluding carboxylic acids is 1. The molecule has 1 amide bonds. The summed E-state index contributed by atoms with van der Waals surface area (Å²) in [5.74, 6) is 2.08. The maximum Gasteiger partial charge on any atom is 0.242 e. The van der Waals surface area contributed by atoms with Gasteiger partial charge in [-0.3, -0.25) is 9.48 Å². The molecule has 1 aromatic heterocycles. The van der Waals surface area contributed by atoms with Gasteiger partial charge in [0.1, 0.15) is 23.6 Å². The SMILES string of the molecule is CCOc1cc2c(cc1C1CC1NC(=O)C(NC)c1cnn(C)c1)OC(C)C2.Cl. The Labute approximate surface area is 177 Å². The van der Waals surface area contributed by atoms with Crippen LogP contribution in [0.4, 0.5) is 0 Å². The van der Waals surface area contributed by atoms with Gasteiger partial charge in [0.05, 0.1) is 12.8 Å². The van der Waals surface area contributed by atoms with Crippen LogP contribution < -0.4 is 20.1 Å². The number of benzene rings is 1. The molecule has 8 heteroatoms. The van der Waals surface area contributed by atoms with Crippen LogP contribution in [0.5, 0.6) is 11.5 Å². The Balaban J connectivity index is 0.00000240. The number of nitrogens with zero attached hydrogens (tertiary/aromatic N) is 2. The van der Waals surface area contributed by atoms with Crippen LogP contribution in [0.15, 0.2) is 24.5 Å². The minimum atomic E-state index is -0.412. The third kappa shape index (κ3) is 4.36. The van der Waals surface area contributed by atoms with Gasteiger partial charge >= 0.3 is 0 Å². The molecule has 1 aliphatic heterocycles. The molecular weight excluding hydrogens is 392 g/mol. The van der Waals surface area contributed by atoms with E-state index in [1.165, 1.54) is 5.56 Å². The number of halogens is 1. The Morgan fingerprint density at radius 3 is 2.90 bits per heavy atom. The van der Waals surface area contributed by atoms with Crippen LogP contribution in [-0.4, -0.2) is 41.5 Å². The molecule has 2 aliphatic rings. The van der Waals surface area contributed by atoms with Crippen molar-refractivity contribution in [2.24, 2.45) is 7.05 Å². The molecule has 2 heterocycles. The van der Waals surface area contributed by atoms with Gasteiger partial charge in [0, 0.05) is 48.3 Å². The number of fused-ring (bicyclic) bond motifs is 1. The first-order valence-corrected chi connectivity index (χ1v) is 9.92. The smallest absolute Gasteiger partial charge is 0.242 e. The van der Waals surface area contributed by atoms with Crippen molar-refractivity contribution >= 4 is 18.3 Å². The predicted octanol–water partition coefficient (Wildman–Crippen LogP) is 2.50. The molecule has 0 bridgehead atoms. The highest BCUT2D eigenvalue weighted by atomic mass is 35.5. The number of nitrogens with one attached hydrogen (secondary N) is 2. The summed E-state index contributed by atoms with van der Waals surface area (Å²) in [6.07, 6.45) is 5.60. The zero-order valence-corrected chi connectivity index (χ0v) is 18.1. The van der Waals surface area contributed by atoms with Crippen molar-refractivity contribution in [3.8, 4) is 11.5 Å². The van der Waals surface area contributed by atoms with Gasteiger partial charge < -0.3 is 20.1 Å². The van der Waals surface area contributed by atoms with E-state index in [0.717, 1.165) is 35.5 Å². The van der Waals surface area contributed by atoms with Crippen LogP contribution >= 0.6 is 12.4 Å². The van der Waals surface area contributed by atoms with Crippen molar-refractivity contribution in [2.75, 3.05) is 13.7 Å². The second-order valence-corrected chi connectivity index (χ2v) is 7.69. The summed E-state index contributed by atoms with van der Waals surface area (Å²) in [7, 11) is 3.63. The highest BCUT2D eigenvalue weighted by molar-refractivity contribution is 5.85. The van der Waals surface area contributed by atoms with Crippen LogP contribution in [0, 0.1) is 0 Å². The summed E-state index contributed by atoms with van der Waals surface area (Å²) >= 11 is 0.